The van der Waals surface area contributed by atoms with E-state index in [-0.39, 0.29) is 35.0 Å². The van der Waals surface area contributed by atoms with Crippen molar-refractivity contribution >= 4 is 21.6 Å². The summed E-state index contributed by atoms with van der Waals surface area (Å²) in [7, 11) is -2.48. The van der Waals surface area contributed by atoms with Gasteiger partial charge in [0.05, 0.1) is 12.8 Å². The van der Waals surface area contributed by atoms with Crippen molar-refractivity contribution in [2.24, 2.45) is 0 Å². The summed E-state index contributed by atoms with van der Waals surface area (Å²) in [6.45, 7) is 0.224. The molecular weight excluding hydrogens is 399 g/mol. The van der Waals surface area contributed by atoms with E-state index in [2.05, 4.69) is 5.32 Å². The molecule has 1 N–H and O–H groups in total. The van der Waals surface area contributed by atoms with Crippen LogP contribution >= 0.6 is 0 Å². The van der Waals surface area contributed by atoms with Crippen LogP contribution in [-0.2, 0) is 21.2 Å². The molecule has 2 aliphatic rings. The van der Waals surface area contributed by atoms with Gasteiger partial charge in [-0.3, -0.25) is 4.79 Å². The van der Waals surface area contributed by atoms with Crippen LogP contribution in [0.3, 0.4) is 0 Å². The lowest BCUT2D eigenvalue weighted by atomic mass is 10.0. The van der Waals surface area contributed by atoms with Gasteiger partial charge in [-0.25, -0.2) is 12.8 Å². The highest BCUT2D eigenvalue weighted by atomic mass is 32.2. The zero-order valence-corrected chi connectivity index (χ0v) is 16.7. The number of hydrogen-bond acceptors (Lipinski definition) is 5. The van der Waals surface area contributed by atoms with Crippen LogP contribution in [0.4, 0.5) is 10.1 Å². The van der Waals surface area contributed by atoms with Crippen molar-refractivity contribution in [2.45, 2.75) is 30.2 Å². The van der Waals surface area contributed by atoms with Crippen molar-refractivity contribution in [3.8, 4) is 11.5 Å². The number of sulfonamides is 1. The summed E-state index contributed by atoms with van der Waals surface area (Å²) >= 11 is 0. The van der Waals surface area contributed by atoms with E-state index in [1.165, 1.54) is 35.7 Å². The van der Waals surface area contributed by atoms with Gasteiger partial charge in [0, 0.05) is 24.7 Å². The SMILES string of the molecule is COc1cc2c(cc1S(=O)(=O)N1CCCC1Cc1ccc(F)cc1)OCC(=O)N2. The zero-order valence-electron chi connectivity index (χ0n) is 15.9. The Morgan fingerprint density at radius 1 is 1.28 bits per heavy atom. The molecule has 1 fully saturated rings. The molecule has 0 saturated carbocycles. The quantitative estimate of drug-likeness (QED) is 0.804. The Morgan fingerprint density at radius 3 is 2.76 bits per heavy atom. The number of hydrogen-bond donors (Lipinski definition) is 1. The van der Waals surface area contributed by atoms with E-state index in [4.69, 9.17) is 9.47 Å². The summed E-state index contributed by atoms with van der Waals surface area (Å²) in [5.41, 5.74) is 1.25. The highest BCUT2D eigenvalue weighted by Crippen LogP contribution is 2.40. The summed E-state index contributed by atoms with van der Waals surface area (Å²) < 4.78 is 52.3. The molecule has 29 heavy (non-hydrogen) atoms. The summed E-state index contributed by atoms with van der Waals surface area (Å²) in [4.78, 5) is 11.5. The van der Waals surface area contributed by atoms with Crippen LogP contribution in [0.25, 0.3) is 0 Å². The number of ether oxygens (including phenoxy) is 2. The second-order valence-corrected chi connectivity index (χ2v) is 8.94. The van der Waals surface area contributed by atoms with E-state index >= 15 is 0 Å². The van der Waals surface area contributed by atoms with Gasteiger partial charge < -0.3 is 14.8 Å². The normalized spacial score (nSPS) is 19.4. The predicted molar refractivity (Wildman–Crippen MR) is 104 cm³/mol. The van der Waals surface area contributed by atoms with Crippen LogP contribution in [0, 0.1) is 5.82 Å². The van der Waals surface area contributed by atoms with E-state index in [1.807, 2.05) is 0 Å². The van der Waals surface area contributed by atoms with Crippen molar-refractivity contribution in [3.05, 3.63) is 47.8 Å². The molecule has 0 spiro atoms. The monoisotopic (exact) mass is 420 g/mol. The third-order valence-corrected chi connectivity index (χ3v) is 7.17. The van der Waals surface area contributed by atoms with E-state index in [0.717, 1.165) is 18.4 Å². The number of carbonyl (C=O) groups excluding carboxylic acids is 1. The largest absolute Gasteiger partial charge is 0.495 e. The molecule has 9 heteroatoms. The Morgan fingerprint density at radius 2 is 2.03 bits per heavy atom. The van der Waals surface area contributed by atoms with Gasteiger partial charge in [0.15, 0.2) is 6.61 Å². The van der Waals surface area contributed by atoms with Crippen LogP contribution in [0.15, 0.2) is 41.3 Å². The standard InChI is InChI=1S/C20H21FN2O5S/c1-27-18-10-16-17(28-12-20(24)22-16)11-19(18)29(25,26)23-8-2-3-15(23)9-13-4-6-14(21)7-5-13/h4-7,10-11,15H,2-3,8-9,12H2,1H3,(H,22,24). The highest BCUT2D eigenvalue weighted by Gasteiger charge is 2.38. The third kappa shape index (κ3) is 3.79. The van der Waals surface area contributed by atoms with Gasteiger partial charge in [-0.05, 0) is 37.0 Å². The van der Waals surface area contributed by atoms with Gasteiger partial charge in [-0.1, -0.05) is 12.1 Å². The number of nitrogens with one attached hydrogen (secondary N) is 1. The molecule has 0 radical (unpaired) electrons. The Labute approximate surface area is 168 Å². The molecule has 4 rings (SSSR count). The fourth-order valence-corrected chi connectivity index (χ4v) is 5.64. The minimum absolute atomic E-state index is 0.000838. The lowest BCUT2D eigenvalue weighted by Gasteiger charge is -2.26. The average Bonchev–Trinajstić information content (AvgIpc) is 3.17. The van der Waals surface area contributed by atoms with Crippen LogP contribution in [0.2, 0.25) is 0 Å². The first-order valence-corrected chi connectivity index (χ1v) is 10.7. The summed E-state index contributed by atoms with van der Waals surface area (Å²) in [5.74, 6) is -0.204. The van der Waals surface area contributed by atoms with Gasteiger partial charge in [-0.15, -0.1) is 0 Å². The summed E-state index contributed by atoms with van der Waals surface area (Å²) in [6.07, 6.45) is 1.96. The minimum atomic E-state index is -3.86. The summed E-state index contributed by atoms with van der Waals surface area (Å²) in [5, 5.41) is 2.65. The lowest BCUT2D eigenvalue weighted by molar-refractivity contribution is -0.118. The van der Waals surface area contributed by atoms with Crippen LogP contribution < -0.4 is 14.8 Å². The Hall–Kier alpha value is -2.65. The number of benzene rings is 2. The molecule has 7 nitrogen and oxygen atoms in total. The fourth-order valence-electron chi connectivity index (χ4n) is 3.80. The molecular formula is C20H21FN2O5S. The van der Waals surface area contributed by atoms with Crippen LogP contribution in [0.5, 0.6) is 11.5 Å². The highest BCUT2D eigenvalue weighted by molar-refractivity contribution is 7.89. The van der Waals surface area contributed by atoms with Crippen LogP contribution in [0.1, 0.15) is 18.4 Å². The number of carbonyl (C=O) groups is 1. The van der Waals surface area contributed by atoms with Crippen LogP contribution in [-0.4, -0.2) is 44.9 Å². The van der Waals surface area contributed by atoms with Gasteiger partial charge >= 0.3 is 0 Å². The predicted octanol–water partition coefficient (Wildman–Crippen LogP) is 2.56. The van der Waals surface area contributed by atoms with E-state index in [9.17, 15) is 17.6 Å². The molecule has 2 aliphatic heterocycles. The molecule has 1 saturated heterocycles. The number of halogens is 1. The Balaban J connectivity index is 1.66. The Bertz CT molecular complexity index is 1040. The van der Waals surface area contributed by atoms with Crippen molar-refractivity contribution < 1.29 is 27.1 Å². The fraction of sp³-hybridized carbons (Fsp3) is 0.350. The molecule has 0 bridgehead atoms. The number of nitrogens with zero attached hydrogens (tertiary/aromatic N) is 1. The molecule has 1 unspecified atom stereocenters. The van der Waals surface area contributed by atoms with Crippen molar-refractivity contribution in [1.29, 1.82) is 0 Å². The second-order valence-electron chi connectivity index (χ2n) is 7.08. The number of fused-ring (bicyclic) bond motifs is 1. The average molecular weight is 420 g/mol. The van der Waals surface area contributed by atoms with E-state index < -0.39 is 10.0 Å². The molecule has 2 heterocycles. The topological polar surface area (TPSA) is 84.9 Å². The zero-order chi connectivity index (χ0) is 20.6. The third-order valence-electron chi connectivity index (χ3n) is 5.19. The lowest BCUT2D eigenvalue weighted by Crippen LogP contribution is -2.37. The molecule has 0 aliphatic carbocycles. The molecule has 0 aromatic heterocycles. The maximum atomic E-state index is 13.5. The number of rotatable bonds is 5. The van der Waals surface area contributed by atoms with E-state index in [1.54, 1.807) is 12.1 Å². The second kappa shape index (κ2) is 7.64. The molecule has 1 amide bonds. The van der Waals surface area contributed by atoms with Gasteiger partial charge in [0.25, 0.3) is 5.91 Å². The summed E-state index contributed by atoms with van der Waals surface area (Å²) in [6, 6.07) is 8.73. The Kier molecular flexibility index (Phi) is 5.18. The maximum absolute atomic E-state index is 13.5. The number of methoxy groups -OCH3 is 1. The van der Waals surface area contributed by atoms with Crippen molar-refractivity contribution in [1.82, 2.24) is 4.31 Å². The first-order chi connectivity index (χ1) is 13.9. The maximum Gasteiger partial charge on any atom is 0.262 e. The number of amides is 1. The first kappa shape index (κ1) is 19.7. The molecule has 154 valence electrons. The minimum Gasteiger partial charge on any atom is -0.495 e. The van der Waals surface area contributed by atoms with Gasteiger partial charge in [0.2, 0.25) is 10.0 Å². The molecule has 1 atom stereocenters. The van der Waals surface area contributed by atoms with E-state index in [0.29, 0.717) is 24.4 Å². The van der Waals surface area contributed by atoms with Gasteiger partial charge in [-0.2, -0.15) is 4.31 Å². The molecule has 2 aromatic rings. The van der Waals surface area contributed by atoms with Gasteiger partial charge in [0.1, 0.15) is 22.2 Å². The first-order valence-electron chi connectivity index (χ1n) is 9.29. The smallest absolute Gasteiger partial charge is 0.262 e. The number of anilines is 1. The molecule has 2 aromatic carbocycles. The van der Waals surface area contributed by atoms with Crippen molar-refractivity contribution in [2.75, 3.05) is 25.6 Å². The van der Waals surface area contributed by atoms with Crippen molar-refractivity contribution in [3.63, 3.8) is 0 Å².